The molecule has 20 heavy (non-hydrogen) atoms. The summed E-state index contributed by atoms with van der Waals surface area (Å²) < 4.78 is 7.04. The molecule has 1 saturated carbocycles. The molecule has 108 valence electrons. The highest BCUT2D eigenvalue weighted by Gasteiger charge is 2.34. The topological polar surface area (TPSA) is 61.2 Å². The molecule has 0 radical (unpaired) electrons. The van der Waals surface area contributed by atoms with Crippen LogP contribution in [0.5, 0.6) is 0 Å². The smallest absolute Gasteiger partial charge is 0.408 e. The Morgan fingerprint density at radius 2 is 2.05 bits per heavy atom. The molecule has 4 nitrogen and oxygen atoms in total. The van der Waals surface area contributed by atoms with Crippen molar-refractivity contribution >= 4 is 11.1 Å². The molecule has 1 aliphatic rings. The minimum atomic E-state index is -0.277. The van der Waals surface area contributed by atoms with Crippen molar-refractivity contribution < 1.29 is 4.42 Å². The average Bonchev–Trinajstić information content (AvgIpc) is 3.01. The van der Waals surface area contributed by atoms with Crippen LogP contribution in [0.2, 0.25) is 0 Å². The van der Waals surface area contributed by atoms with Crippen LogP contribution in [0.4, 0.5) is 0 Å². The van der Waals surface area contributed by atoms with Crippen LogP contribution >= 0.6 is 0 Å². The number of nitrogens with two attached hydrogens (primary N) is 1. The van der Waals surface area contributed by atoms with E-state index >= 15 is 0 Å². The monoisotopic (exact) mass is 274 g/mol. The van der Waals surface area contributed by atoms with E-state index in [2.05, 4.69) is 12.1 Å². The molecule has 1 aliphatic carbocycles. The van der Waals surface area contributed by atoms with Crippen molar-refractivity contribution in [3.05, 3.63) is 34.3 Å². The van der Waals surface area contributed by atoms with E-state index in [-0.39, 0.29) is 17.2 Å². The lowest BCUT2D eigenvalue weighted by molar-refractivity contribution is 0.453. The van der Waals surface area contributed by atoms with Crippen molar-refractivity contribution in [1.82, 2.24) is 4.57 Å². The number of rotatable bonds is 3. The maximum Gasteiger partial charge on any atom is 0.420 e. The minimum absolute atomic E-state index is 0.0866. The van der Waals surface area contributed by atoms with Gasteiger partial charge in [-0.15, -0.1) is 0 Å². The molecule has 1 fully saturated rings. The van der Waals surface area contributed by atoms with Gasteiger partial charge in [0.1, 0.15) is 0 Å². The largest absolute Gasteiger partial charge is 0.420 e. The van der Waals surface area contributed by atoms with Gasteiger partial charge in [-0.3, -0.25) is 4.57 Å². The van der Waals surface area contributed by atoms with E-state index in [0.717, 1.165) is 18.4 Å². The Balaban J connectivity index is 2.19. The van der Waals surface area contributed by atoms with Gasteiger partial charge in [-0.25, -0.2) is 4.79 Å². The van der Waals surface area contributed by atoms with Crippen LogP contribution in [0.1, 0.15) is 51.1 Å². The zero-order valence-corrected chi connectivity index (χ0v) is 12.2. The molecule has 0 atom stereocenters. The van der Waals surface area contributed by atoms with Gasteiger partial charge >= 0.3 is 5.76 Å². The summed E-state index contributed by atoms with van der Waals surface area (Å²) in [6, 6.07) is 6.20. The Bertz CT molecular complexity index is 675. The Hall–Kier alpha value is -1.55. The Morgan fingerprint density at radius 3 is 2.65 bits per heavy atom. The van der Waals surface area contributed by atoms with Crippen LogP contribution in [0, 0.1) is 0 Å². The van der Waals surface area contributed by atoms with E-state index in [1.165, 1.54) is 18.4 Å². The molecular formula is C16H22N2O2. The van der Waals surface area contributed by atoms with Crippen LogP contribution in [0.3, 0.4) is 0 Å². The van der Waals surface area contributed by atoms with Gasteiger partial charge in [-0.05, 0) is 44.4 Å². The maximum atomic E-state index is 11.9. The van der Waals surface area contributed by atoms with Crippen LogP contribution in [0.25, 0.3) is 11.1 Å². The third kappa shape index (κ3) is 1.90. The van der Waals surface area contributed by atoms with Gasteiger partial charge in [0.15, 0.2) is 5.58 Å². The summed E-state index contributed by atoms with van der Waals surface area (Å²) in [5, 5.41) is 0. The predicted molar refractivity (Wildman–Crippen MR) is 80.1 cm³/mol. The van der Waals surface area contributed by atoms with Crippen molar-refractivity contribution in [3.63, 3.8) is 0 Å². The zero-order chi connectivity index (χ0) is 14.3. The first-order chi connectivity index (χ1) is 9.57. The third-order valence-electron chi connectivity index (χ3n) is 4.69. The van der Waals surface area contributed by atoms with Crippen molar-refractivity contribution in [1.29, 1.82) is 0 Å². The van der Waals surface area contributed by atoms with Crippen molar-refractivity contribution in [3.8, 4) is 0 Å². The first kappa shape index (κ1) is 13.4. The summed E-state index contributed by atoms with van der Waals surface area (Å²) >= 11 is 0. The molecule has 1 aromatic carbocycles. The van der Waals surface area contributed by atoms with Crippen molar-refractivity contribution in [2.24, 2.45) is 5.73 Å². The number of hydrogen-bond donors (Lipinski definition) is 1. The number of hydrogen-bond acceptors (Lipinski definition) is 3. The molecule has 0 saturated heterocycles. The fourth-order valence-electron chi connectivity index (χ4n) is 3.51. The number of fused-ring (bicyclic) bond motifs is 1. The molecule has 4 heteroatoms. The standard InChI is InChI=1S/C16H22N2O2/c1-11(2)18-13-9-12(5-6-14(13)20-15(18)19)16(10-17)7-3-4-8-16/h5-6,9,11H,3-4,7-8,10,17H2,1-2H3. The quantitative estimate of drug-likeness (QED) is 0.936. The van der Waals surface area contributed by atoms with Crippen LogP contribution < -0.4 is 11.5 Å². The highest BCUT2D eigenvalue weighted by atomic mass is 16.4. The van der Waals surface area contributed by atoms with E-state index in [4.69, 9.17) is 10.2 Å². The molecule has 3 rings (SSSR count). The van der Waals surface area contributed by atoms with E-state index < -0.39 is 0 Å². The van der Waals surface area contributed by atoms with Gasteiger partial charge in [-0.1, -0.05) is 18.9 Å². The molecule has 0 spiro atoms. The normalized spacial score (nSPS) is 18.2. The molecular weight excluding hydrogens is 252 g/mol. The molecule has 2 N–H and O–H groups in total. The Kier molecular flexibility index (Phi) is 3.21. The molecule has 0 aliphatic heterocycles. The zero-order valence-electron chi connectivity index (χ0n) is 12.2. The Labute approximate surface area is 118 Å². The average molecular weight is 274 g/mol. The van der Waals surface area contributed by atoms with E-state index in [0.29, 0.717) is 12.1 Å². The molecule has 0 bridgehead atoms. The lowest BCUT2D eigenvalue weighted by Crippen LogP contribution is -2.32. The summed E-state index contributed by atoms with van der Waals surface area (Å²) in [5.74, 6) is -0.277. The van der Waals surface area contributed by atoms with Gasteiger partial charge in [0.2, 0.25) is 0 Å². The number of aromatic nitrogens is 1. The SMILES string of the molecule is CC(C)n1c(=O)oc2ccc(C3(CN)CCCC3)cc21. The van der Waals surface area contributed by atoms with Gasteiger partial charge in [0.05, 0.1) is 5.52 Å². The molecule has 2 aromatic rings. The molecule has 1 heterocycles. The van der Waals surface area contributed by atoms with Crippen molar-refractivity contribution in [2.75, 3.05) is 6.54 Å². The minimum Gasteiger partial charge on any atom is -0.408 e. The third-order valence-corrected chi connectivity index (χ3v) is 4.69. The fourth-order valence-corrected chi connectivity index (χ4v) is 3.51. The first-order valence-electron chi connectivity index (χ1n) is 7.43. The van der Waals surface area contributed by atoms with Crippen LogP contribution in [-0.4, -0.2) is 11.1 Å². The van der Waals surface area contributed by atoms with Crippen LogP contribution in [-0.2, 0) is 5.41 Å². The lowest BCUT2D eigenvalue weighted by atomic mass is 9.79. The highest BCUT2D eigenvalue weighted by molar-refractivity contribution is 5.74. The molecule has 0 unspecified atom stereocenters. The summed E-state index contributed by atoms with van der Waals surface area (Å²) in [6.45, 7) is 4.66. The second kappa shape index (κ2) is 4.77. The van der Waals surface area contributed by atoms with Crippen LogP contribution in [0.15, 0.2) is 27.4 Å². The summed E-state index contributed by atoms with van der Waals surface area (Å²) in [6.07, 6.45) is 4.74. The summed E-state index contributed by atoms with van der Waals surface area (Å²) in [4.78, 5) is 11.9. The molecule has 0 amide bonds. The van der Waals surface area contributed by atoms with Gasteiger partial charge < -0.3 is 10.2 Å². The highest BCUT2D eigenvalue weighted by Crippen LogP contribution is 2.41. The maximum absolute atomic E-state index is 11.9. The van der Waals surface area contributed by atoms with Crippen molar-refractivity contribution in [2.45, 2.75) is 51.0 Å². The number of oxazole rings is 1. The van der Waals surface area contributed by atoms with E-state index in [1.807, 2.05) is 19.9 Å². The summed E-state index contributed by atoms with van der Waals surface area (Å²) in [7, 11) is 0. The van der Waals surface area contributed by atoms with Gasteiger partial charge in [-0.2, -0.15) is 0 Å². The van der Waals surface area contributed by atoms with Gasteiger partial charge in [0, 0.05) is 18.0 Å². The molecule has 1 aromatic heterocycles. The lowest BCUT2D eigenvalue weighted by Gasteiger charge is -2.28. The number of benzene rings is 1. The Morgan fingerprint density at radius 1 is 1.35 bits per heavy atom. The second-order valence-electron chi connectivity index (χ2n) is 6.21. The predicted octanol–water partition coefficient (Wildman–Crippen LogP) is 2.95. The number of nitrogens with zero attached hydrogens (tertiary/aromatic N) is 1. The fraction of sp³-hybridized carbons (Fsp3) is 0.562. The second-order valence-corrected chi connectivity index (χ2v) is 6.21. The van der Waals surface area contributed by atoms with E-state index in [1.54, 1.807) is 4.57 Å². The first-order valence-corrected chi connectivity index (χ1v) is 7.43. The van der Waals surface area contributed by atoms with Gasteiger partial charge in [0.25, 0.3) is 0 Å². The van der Waals surface area contributed by atoms with E-state index in [9.17, 15) is 4.79 Å². The summed E-state index contributed by atoms with van der Waals surface area (Å²) in [5.41, 5.74) is 8.95.